The smallest absolute Gasteiger partial charge is 0.255 e. The van der Waals surface area contributed by atoms with Crippen molar-refractivity contribution in [1.82, 2.24) is 0 Å². The number of aryl methyl sites for hydroxylation is 1. The third-order valence-electron chi connectivity index (χ3n) is 2.58. The van der Waals surface area contributed by atoms with Gasteiger partial charge in [0.1, 0.15) is 0 Å². The fourth-order valence-electron chi connectivity index (χ4n) is 1.66. The van der Waals surface area contributed by atoms with Gasteiger partial charge in [-0.25, -0.2) is 0 Å². The molecule has 0 aliphatic carbocycles. The van der Waals surface area contributed by atoms with Crippen LogP contribution in [0.4, 0.5) is 11.4 Å². The van der Waals surface area contributed by atoms with E-state index in [-0.39, 0.29) is 5.91 Å². The minimum Gasteiger partial charge on any atom is -0.397 e. The highest BCUT2D eigenvalue weighted by Crippen LogP contribution is 2.23. The number of rotatable bonds is 2. The molecule has 0 atom stereocenters. The molecule has 2 aromatic rings. The molecule has 0 radical (unpaired) electrons. The minimum atomic E-state index is -0.304. The molecule has 0 heterocycles. The van der Waals surface area contributed by atoms with Crippen LogP contribution in [0.15, 0.2) is 36.4 Å². The van der Waals surface area contributed by atoms with E-state index in [2.05, 4.69) is 5.32 Å². The molecule has 98 valence electrons. The number of benzene rings is 2. The summed E-state index contributed by atoms with van der Waals surface area (Å²) in [6.45, 7) is 1.92. The Kier molecular flexibility index (Phi) is 3.98. The molecule has 0 saturated carbocycles. The van der Waals surface area contributed by atoms with Crippen LogP contribution in [0.5, 0.6) is 0 Å². The Hall–Kier alpha value is -1.71. The van der Waals surface area contributed by atoms with Gasteiger partial charge in [0.15, 0.2) is 0 Å². The third-order valence-corrected chi connectivity index (χ3v) is 3.02. The number of hydrogen-bond donors (Lipinski definition) is 2. The van der Waals surface area contributed by atoms with Gasteiger partial charge in [-0.1, -0.05) is 29.3 Å². The van der Waals surface area contributed by atoms with E-state index in [0.29, 0.717) is 27.0 Å². The van der Waals surface area contributed by atoms with Gasteiger partial charge < -0.3 is 11.1 Å². The summed E-state index contributed by atoms with van der Waals surface area (Å²) in [5.74, 6) is -0.304. The fraction of sp³-hybridized carbons (Fsp3) is 0.0714. The van der Waals surface area contributed by atoms with E-state index >= 15 is 0 Å². The second-order valence-electron chi connectivity index (χ2n) is 4.20. The van der Waals surface area contributed by atoms with Crippen LogP contribution >= 0.6 is 23.2 Å². The molecule has 0 aliphatic heterocycles. The van der Waals surface area contributed by atoms with Gasteiger partial charge in [0.25, 0.3) is 5.91 Å². The summed E-state index contributed by atoms with van der Waals surface area (Å²) < 4.78 is 0. The van der Waals surface area contributed by atoms with Gasteiger partial charge in [0, 0.05) is 15.6 Å². The molecule has 3 nitrogen and oxygen atoms in total. The molecule has 0 fully saturated rings. The van der Waals surface area contributed by atoms with Crippen molar-refractivity contribution >= 4 is 40.5 Å². The number of anilines is 2. The standard InChI is InChI=1S/C14H12Cl2N2O/c1-8-2-3-12(17)13(4-8)18-14(19)9-5-10(15)7-11(16)6-9/h2-7H,17H2,1H3,(H,18,19). The molecule has 0 saturated heterocycles. The van der Waals surface area contributed by atoms with Crippen LogP contribution in [-0.4, -0.2) is 5.91 Å². The SMILES string of the molecule is Cc1ccc(N)c(NC(=O)c2cc(Cl)cc(Cl)c2)c1. The zero-order chi connectivity index (χ0) is 14.0. The maximum Gasteiger partial charge on any atom is 0.255 e. The highest BCUT2D eigenvalue weighted by molar-refractivity contribution is 6.35. The summed E-state index contributed by atoms with van der Waals surface area (Å²) in [5.41, 5.74) is 8.28. The summed E-state index contributed by atoms with van der Waals surface area (Å²) in [6, 6.07) is 10.1. The average molecular weight is 295 g/mol. The first kappa shape index (κ1) is 13.7. The van der Waals surface area contributed by atoms with Crippen LogP contribution in [0.1, 0.15) is 15.9 Å². The molecule has 19 heavy (non-hydrogen) atoms. The van der Waals surface area contributed by atoms with Crippen molar-refractivity contribution in [2.45, 2.75) is 6.92 Å². The quantitative estimate of drug-likeness (QED) is 0.818. The number of carbonyl (C=O) groups is 1. The van der Waals surface area contributed by atoms with Crippen LogP contribution in [0, 0.1) is 6.92 Å². The Morgan fingerprint density at radius 3 is 2.37 bits per heavy atom. The number of hydrogen-bond acceptors (Lipinski definition) is 2. The topological polar surface area (TPSA) is 55.1 Å². The lowest BCUT2D eigenvalue weighted by molar-refractivity contribution is 0.102. The fourth-order valence-corrected chi connectivity index (χ4v) is 2.18. The van der Waals surface area contributed by atoms with Gasteiger partial charge in [-0.15, -0.1) is 0 Å². The zero-order valence-corrected chi connectivity index (χ0v) is 11.7. The lowest BCUT2D eigenvalue weighted by Gasteiger charge is -2.09. The number of nitrogen functional groups attached to an aromatic ring is 1. The molecule has 2 aromatic carbocycles. The van der Waals surface area contributed by atoms with Gasteiger partial charge >= 0.3 is 0 Å². The monoisotopic (exact) mass is 294 g/mol. The Labute approximate surface area is 121 Å². The summed E-state index contributed by atoms with van der Waals surface area (Å²) in [6.07, 6.45) is 0. The highest BCUT2D eigenvalue weighted by Gasteiger charge is 2.10. The van der Waals surface area contributed by atoms with Gasteiger partial charge in [-0.3, -0.25) is 4.79 Å². The van der Waals surface area contributed by atoms with Crippen LogP contribution in [0.25, 0.3) is 0 Å². The van der Waals surface area contributed by atoms with Crippen LogP contribution in [-0.2, 0) is 0 Å². The minimum absolute atomic E-state index is 0.304. The molecule has 2 rings (SSSR count). The second-order valence-corrected chi connectivity index (χ2v) is 5.08. The third kappa shape index (κ3) is 3.40. The molecule has 5 heteroatoms. The highest BCUT2D eigenvalue weighted by atomic mass is 35.5. The Balaban J connectivity index is 2.28. The maximum absolute atomic E-state index is 12.1. The largest absolute Gasteiger partial charge is 0.397 e. The molecule has 0 unspecified atom stereocenters. The van der Waals surface area contributed by atoms with Crippen LogP contribution in [0.2, 0.25) is 10.0 Å². The number of halogens is 2. The molecule has 3 N–H and O–H groups in total. The predicted octanol–water partition coefficient (Wildman–Crippen LogP) is 4.14. The van der Waals surface area contributed by atoms with Crippen molar-refractivity contribution in [2.75, 3.05) is 11.1 Å². The van der Waals surface area contributed by atoms with Gasteiger partial charge in [0.2, 0.25) is 0 Å². The average Bonchev–Trinajstić information content (AvgIpc) is 2.32. The molecule has 0 aliphatic rings. The summed E-state index contributed by atoms with van der Waals surface area (Å²) in [7, 11) is 0. The summed E-state index contributed by atoms with van der Waals surface area (Å²) in [5, 5.41) is 3.56. The summed E-state index contributed by atoms with van der Waals surface area (Å²) in [4.78, 5) is 12.1. The summed E-state index contributed by atoms with van der Waals surface area (Å²) >= 11 is 11.7. The van der Waals surface area contributed by atoms with E-state index in [1.165, 1.54) is 0 Å². The Bertz CT molecular complexity index is 621. The van der Waals surface area contributed by atoms with Crippen molar-refractivity contribution in [2.24, 2.45) is 0 Å². The van der Waals surface area contributed by atoms with E-state index in [1.54, 1.807) is 30.3 Å². The van der Waals surface area contributed by atoms with Crippen LogP contribution < -0.4 is 11.1 Å². The Morgan fingerprint density at radius 1 is 1.11 bits per heavy atom. The maximum atomic E-state index is 12.1. The first-order valence-electron chi connectivity index (χ1n) is 5.59. The molecular formula is C14H12Cl2N2O. The molecule has 0 spiro atoms. The number of amides is 1. The molecule has 0 bridgehead atoms. The lowest BCUT2D eigenvalue weighted by atomic mass is 10.1. The van der Waals surface area contributed by atoms with Crippen molar-refractivity contribution in [3.8, 4) is 0 Å². The predicted molar refractivity (Wildman–Crippen MR) is 80.0 cm³/mol. The van der Waals surface area contributed by atoms with E-state index in [0.717, 1.165) is 5.56 Å². The molecular weight excluding hydrogens is 283 g/mol. The number of carbonyl (C=O) groups excluding carboxylic acids is 1. The van der Waals surface area contributed by atoms with Crippen molar-refractivity contribution < 1.29 is 4.79 Å². The first-order valence-corrected chi connectivity index (χ1v) is 6.35. The van der Waals surface area contributed by atoms with E-state index in [4.69, 9.17) is 28.9 Å². The van der Waals surface area contributed by atoms with E-state index < -0.39 is 0 Å². The van der Waals surface area contributed by atoms with Crippen LogP contribution in [0.3, 0.4) is 0 Å². The van der Waals surface area contributed by atoms with E-state index in [9.17, 15) is 4.79 Å². The van der Waals surface area contributed by atoms with Crippen molar-refractivity contribution in [3.63, 3.8) is 0 Å². The number of nitrogens with one attached hydrogen (secondary N) is 1. The van der Waals surface area contributed by atoms with Gasteiger partial charge in [-0.05, 0) is 42.8 Å². The Morgan fingerprint density at radius 2 is 1.74 bits per heavy atom. The van der Waals surface area contributed by atoms with Gasteiger partial charge in [-0.2, -0.15) is 0 Å². The first-order chi connectivity index (χ1) is 8.95. The lowest BCUT2D eigenvalue weighted by Crippen LogP contribution is -2.13. The molecule has 0 aromatic heterocycles. The van der Waals surface area contributed by atoms with Crippen molar-refractivity contribution in [1.29, 1.82) is 0 Å². The van der Waals surface area contributed by atoms with Crippen molar-refractivity contribution in [3.05, 3.63) is 57.6 Å². The molecule has 1 amide bonds. The van der Waals surface area contributed by atoms with E-state index in [1.807, 2.05) is 13.0 Å². The normalized spacial score (nSPS) is 10.3. The zero-order valence-electron chi connectivity index (χ0n) is 10.2. The number of nitrogens with two attached hydrogens (primary N) is 1. The van der Waals surface area contributed by atoms with Gasteiger partial charge in [0.05, 0.1) is 11.4 Å². The second kappa shape index (κ2) is 5.51.